The lowest BCUT2D eigenvalue weighted by Gasteiger charge is -2.06. The van der Waals surface area contributed by atoms with Crippen LogP contribution in [0.4, 0.5) is 0 Å². The maximum atomic E-state index is 11.3. The van der Waals surface area contributed by atoms with E-state index in [1.54, 1.807) is 6.92 Å². The molecule has 0 unspecified atom stereocenters. The Kier molecular flexibility index (Phi) is 14.1. The zero-order chi connectivity index (χ0) is 15.1. The SMILES string of the molecule is C=C(C)C(=O)CCCCOCCOCCOCCCN. The van der Waals surface area contributed by atoms with Gasteiger partial charge < -0.3 is 19.9 Å². The molecule has 0 amide bonds. The van der Waals surface area contributed by atoms with Gasteiger partial charge in [-0.1, -0.05) is 6.58 Å². The summed E-state index contributed by atoms with van der Waals surface area (Å²) in [4.78, 5) is 11.3. The Morgan fingerprint density at radius 3 is 1.90 bits per heavy atom. The fourth-order valence-corrected chi connectivity index (χ4v) is 1.43. The zero-order valence-corrected chi connectivity index (χ0v) is 12.7. The highest BCUT2D eigenvalue weighted by Gasteiger charge is 2.01. The van der Waals surface area contributed by atoms with Gasteiger partial charge in [-0.15, -0.1) is 0 Å². The van der Waals surface area contributed by atoms with Crippen molar-refractivity contribution in [2.75, 3.05) is 46.2 Å². The first-order valence-corrected chi connectivity index (χ1v) is 7.30. The minimum atomic E-state index is 0.142. The van der Waals surface area contributed by atoms with Gasteiger partial charge in [0.2, 0.25) is 0 Å². The molecule has 0 rings (SSSR count). The summed E-state index contributed by atoms with van der Waals surface area (Å²) in [6.07, 6.45) is 3.19. The molecule has 0 aliphatic heterocycles. The molecule has 0 atom stereocenters. The predicted molar refractivity (Wildman–Crippen MR) is 79.8 cm³/mol. The first-order valence-electron chi connectivity index (χ1n) is 7.30. The van der Waals surface area contributed by atoms with E-state index >= 15 is 0 Å². The molecule has 5 heteroatoms. The Balaban J connectivity index is 3.06. The number of ketones is 1. The molecule has 0 spiro atoms. The Morgan fingerprint density at radius 2 is 1.40 bits per heavy atom. The largest absolute Gasteiger partial charge is 0.379 e. The molecule has 0 aliphatic rings. The average Bonchev–Trinajstić information content (AvgIpc) is 2.43. The molecule has 0 heterocycles. The van der Waals surface area contributed by atoms with Gasteiger partial charge in [0.05, 0.1) is 26.4 Å². The molecule has 0 aromatic rings. The van der Waals surface area contributed by atoms with E-state index in [9.17, 15) is 4.79 Å². The number of hydrogen-bond donors (Lipinski definition) is 1. The van der Waals surface area contributed by atoms with Gasteiger partial charge in [0.25, 0.3) is 0 Å². The Bertz CT molecular complexity index is 256. The Morgan fingerprint density at radius 1 is 0.900 bits per heavy atom. The van der Waals surface area contributed by atoms with Gasteiger partial charge in [-0.3, -0.25) is 4.79 Å². The molecular weight excluding hydrogens is 258 g/mol. The molecule has 5 nitrogen and oxygen atoms in total. The molecule has 0 aliphatic carbocycles. The Labute approximate surface area is 122 Å². The van der Waals surface area contributed by atoms with Gasteiger partial charge in [0.15, 0.2) is 5.78 Å². The standard InChI is InChI=1S/C15H29NO4/c1-14(2)15(17)6-3-4-8-18-10-12-20-13-11-19-9-5-7-16/h1,3-13,16H2,2H3. The lowest BCUT2D eigenvalue weighted by molar-refractivity contribution is -0.115. The summed E-state index contributed by atoms with van der Waals surface area (Å²) < 4.78 is 16.0. The topological polar surface area (TPSA) is 70.8 Å². The van der Waals surface area contributed by atoms with Crippen molar-refractivity contribution < 1.29 is 19.0 Å². The quantitative estimate of drug-likeness (QED) is 0.367. The van der Waals surface area contributed by atoms with Gasteiger partial charge >= 0.3 is 0 Å². The molecule has 0 aromatic carbocycles. The van der Waals surface area contributed by atoms with Gasteiger partial charge in [-0.05, 0) is 38.3 Å². The molecule has 20 heavy (non-hydrogen) atoms. The number of carbonyl (C=O) groups is 1. The molecule has 118 valence electrons. The third-order valence-corrected chi connectivity index (χ3v) is 2.66. The van der Waals surface area contributed by atoms with E-state index in [0.717, 1.165) is 19.3 Å². The van der Waals surface area contributed by atoms with E-state index in [1.807, 2.05) is 0 Å². The number of unbranched alkanes of at least 4 members (excludes halogenated alkanes) is 1. The van der Waals surface area contributed by atoms with Crippen molar-refractivity contribution in [2.24, 2.45) is 5.73 Å². The smallest absolute Gasteiger partial charge is 0.157 e. The van der Waals surface area contributed by atoms with Crippen LogP contribution in [0.5, 0.6) is 0 Å². The second-order valence-electron chi connectivity index (χ2n) is 4.64. The summed E-state index contributed by atoms with van der Waals surface area (Å²) in [5.41, 5.74) is 5.97. The van der Waals surface area contributed by atoms with Crippen molar-refractivity contribution in [3.8, 4) is 0 Å². The van der Waals surface area contributed by atoms with E-state index in [1.165, 1.54) is 0 Å². The number of nitrogens with two attached hydrogens (primary N) is 1. The van der Waals surface area contributed by atoms with Crippen molar-refractivity contribution in [1.29, 1.82) is 0 Å². The van der Waals surface area contributed by atoms with E-state index in [4.69, 9.17) is 19.9 Å². The second kappa shape index (κ2) is 14.7. The van der Waals surface area contributed by atoms with Crippen LogP contribution in [0.25, 0.3) is 0 Å². The van der Waals surface area contributed by atoms with E-state index in [2.05, 4.69) is 6.58 Å². The minimum Gasteiger partial charge on any atom is -0.379 e. The van der Waals surface area contributed by atoms with Crippen LogP contribution in [0.3, 0.4) is 0 Å². The highest BCUT2D eigenvalue weighted by Crippen LogP contribution is 2.02. The van der Waals surface area contributed by atoms with Crippen LogP contribution in [0.15, 0.2) is 12.2 Å². The van der Waals surface area contributed by atoms with Crippen LogP contribution in [0.2, 0.25) is 0 Å². The van der Waals surface area contributed by atoms with E-state index in [0.29, 0.717) is 58.2 Å². The fraction of sp³-hybridized carbons (Fsp3) is 0.800. The van der Waals surface area contributed by atoms with Gasteiger partial charge in [-0.25, -0.2) is 0 Å². The summed E-state index contributed by atoms with van der Waals surface area (Å²) in [7, 11) is 0. The molecular formula is C15H29NO4. The van der Waals surface area contributed by atoms with Crippen LogP contribution < -0.4 is 5.73 Å². The summed E-state index contributed by atoms with van der Waals surface area (Å²) in [5, 5.41) is 0. The first kappa shape index (κ1) is 19.2. The number of Topliss-reactive ketones (excluding diaryl/α,β-unsaturated/α-hetero) is 1. The third-order valence-electron chi connectivity index (χ3n) is 2.66. The predicted octanol–water partition coefficient (Wildman–Crippen LogP) is 1.70. The normalized spacial score (nSPS) is 10.7. The van der Waals surface area contributed by atoms with Gasteiger partial charge in [-0.2, -0.15) is 0 Å². The zero-order valence-electron chi connectivity index (χ0n) is 12.7. The summed E-state index contributed by atoms with van der Waals surface area (Å²) in [6.45, 7) is 9.73. The Hall–Kier alpha value is -0.750. The summed E-state index contributed by atoms with van der Waals surface area (Å²) in [6, 6.07) is 0. The van der Waals surface area contributed by atoms with Crippen LogP contribution in [0.1, 0.15) is 32.6 Å². The number of ether oxygens (including phenoxy) is 3. The third kappa shape index (κ3) is 13.7. The van der Waals surface area contributed by atoms with Crippen LogP contribution >= 0.6 is 0 Å². The molecule has 0 fully saturated rings. The highest BCUT2D eigenvalue weighted by atomic mass is 16.5. The van der Waals surface area contributed by atoms with Crippen molar-refractivity contribution in [3.05, 3.63) is 12.2 Å². The molecule has 0 saturated heterocycles. The van der Waals surface area contributed by atoms with E-state index < -0.39 is 0 Å². The van der Waals surface area contributed by atoms with Gasteiger partial charge in [0, 0.05) is 19.6 Å². The minimum absolute atomic E-state index is 0.142. The number of hydrogen-bond acceptors (Lipinski definition) is 5. The van der Waals surface area contributed by atoms with Crippen molar-refractivity contribution in [2.45, 2.75) is 32.6 Å². The molecule has 0 aromatic heterocycles. The highest BCUT2D eigenvalue weighted by molar-refractivity contribution is 5.93. The first-order chi connectivity index (χ1) is 9.68. The maximum absolute atomic E-state index is 11.3. The number of allylic oxidation sites excluding steroid dienone is 1. The van der Waals surface area contributed by atoms with Gasteiger partial charge in [0.1, 0.15) is 0 Å². The van der Waals surface area contributed by atoms with Crippen molar-refractivity contribution in [3.63, 3.8) is 0 Å². The van der Waals surface area contributed by atoms with E-state index in [-0.39, 0.29) is 5.78 Å². The average molecular weight is 287 g/mol. The molecule has 0 bridgehead atoms. The lowest BCUT2D eigenvalue weighted by atomic mass is 10.1. The monoisotopic (exact) mass is 287 g/mol. The molecule has 0 saturated carbocycles. The fourth-order valence-electron chi connectivity index (χ4n) is 1.43. The molecule has 0 radical (unpaired) electrons. The van der Waals surface area contributed by atoms with Crippen molar-refractivity contribution >= 4 is 5.78 Å². The lowest BCUT2D eigenvalue weighted by Crippen LogP contribution is -2.11. The molecule has 2 N–H and O–H groups in total. The maximum Gasteiger partial charge on any atom is 0.157 e. The second-order valence-corrected chi connectivity index (χ2v) is 4.64. The number of rotatable bonds is 15. The summed E-state index contributed by atoms with van der Waals surface area (Å²) >= 11 is 0. The van der Waals surface area contributed by atoms with Crippen LogP contribution in [0, 0.1) is 0 Å². The van der Waals surface area contributed by atoms with Crippen LogP contribution in [-0.2, 0) is 19.0 Å². The summed E-state index contributed by atoms with van der Waals surface area (Å²) in [5.74, 6) is 0.142. The number of carbonyl (C=O) groups excluding carboxylic acids is 1. The van der Waals surface area contributed by atoms with Crippen LogP contribution in [-0.4, -0.2) is 52.0 Å². The van der Waals surface area contributed by atoms with Crippen molar-refractivity contribution in [1.82, 2.24) is 0 Å².